The Morgan fingerprint density at radius 1 is 1.53 bits per heavy atom. The maximum Gasteiger partial charge on any atom is 0.0590 e. The van der Waals surface area contributed by atoms with Crippen molar-refractivity contribution in [3.8, 4) is 0 Å². The quantitative estimate of drug-likeness (QED) is 0.887. The fraction of sp³-hybridized carbons (Fsp3) is 0.500. The molecule has 2 unspecified atom stereocenters. The summed E-state index contributed by atoms with van der Waals surface area (Å²) in [5.74, 6) is 0.0903. The highest BCUT2D eigenvalue weighted by molar-refractivity contribution is 9.11. The second-order valence-electron chi connectivity index (χ2n) is 3.54. The minimum atomic E-state index is -0.365. The molecule has 1 heterocycles. The van der Waals surface area contributed by atoms with Crippen LogP contribution in [0.3, 0.4) is 0 Å². The van der Waals surface area contributed by atoms with Crippen molar-refractivity contribution >= 4 is 31.9 Å². The molecule has 0 saturated carbocycles. The van der Waals surface area contributed by atoms with Crippen molar-refractivity contribution in [1.82, 2.24) is 4.98 Å². The van der Waals surface area contributed by atoms with Crippen LogP contribution in [0.15, 0.2) is 21.2 Å². The molecule has 1 aromatic rings. The van der Waals surface area contributed by atoms with Gasteiger partial charge in [-0.25, -0.2) is 0 Å². The second-order valence-corrected chi connectivity index (χ2v) is 5.31. The molecule has 0 aliphatic rings. The van der Waals surface area contributed by atoms with Gasteiger partial charge in [-0.05, 0) is 51.3 Å². The van der Waals surface area contributed by atoms with Gasteiger partial charge in [-0.3, -0.25) is 4.98 Å². The highest BCUT2D eigenvalue weighted by Gasteiger charge is 2.16. The molecule has 1 aromatic heterocycles. The van der Waals surface area contributed by atoms with Crippen molar-refractivity contribution in [3.63, 3.8) is 0 Å². The third-order valence-electron chi connectivity index (χ3n) is 2.13. The van der Waals surface area contributed by atoms with E-state index in [2.05, 4.69) is 36.8 Å². The Hall–Kier alpha value is 0.0300. The molecule has 0 radical (unpaired) electrons. The first-order valence-electron chi connectivity index (χ1n) is 4.73. The Labute approximate surface area is 106 Å². The molecular formula is C10H14Br2N2O. The van der Waals surface area contributed by atoms with E-state index in [4.69, 9.17) is 5.73 Å². The smallest absolute Gasteiger partial charge is 0.0590 e. The standard InChI is InChI=1S/C10H14Br2N2O/c1-6(15)2-7(4-13)10-9(12)3-8(11)5-14-10/h3,5-7,15H,2,4,13H2,1H3. The third kappa shape index (κ3) is 3.83. The lowest BCUT2D eigenvalue weighted by molar-refractivity contribution is 0.174. The summed E-state index contributed by atoms with van der Waals surface area (Å²) in [5.41, 5.74) is 6.58. The lowest BCUT2D eigenvalue weighted by atomic mass is 9.98. The number of pyridine rings is 1. The average Bonchev–Trinajstić information content (AvgIpc) is 2.14. The molecule has 0 aliphatic heterocycles. The van der Waals surface area contributed by atoms with Gasteiger partial charge in [-0.1, -0.05) is 0 Å². The van der Waals surface area contributed by atoms with E-state index < -0.39 is 0 Å². The largest absolute Gasteiger partial charge is 0.393 e. The Kier molecular flexibility index (Phi) is 5.18. The van der Waals surface area contributed by atoms with Gasteiger partial charge in [-0.15, -0.1) is 0 Å². The van der Waals surface area contributed by atoms with Gasteiger partial charge >= 0.3 is 0 Å². The highest BCUT2D eigenvalue weighted by Crippen LogP contribution is 2.27. The first kappa shape index (κ1) is 13.1. The topological polar surface area (TPSA) is 59.1 Å². The van der Waals surface area contributed by atoms with E-state index in [1.807, 2.05) is 6.07 Å². The van der Waals surface area contributed by atoms with Gasteiger partial charge in [0.05, 0.1) is 11.8 Å². The summed E-state index contributed by atoms with van der Waals surface area (Å²) in [6.07, 6.45) is 2.00. The second kappa shape index (κ2) is 5.94. The van der Waals surface area contributed by atoms with Crippen molar-refractivity contribution in [3.05, 3.63) is 26.9 Å². The molecule has 15 heavy (non-hydrogen) atoms. The summed E-state index contributed by atoms with van der Waals surface area (Å²) < 4.78 is 1.85. The van der Waals surface area contributed by atoms with Gasteiger partial charge in [0.25, 0.3) is 0 Å². The van der Waals surface area contributed by atoms with Crippen LogP contribution in [0.2, 0.25) is 0 Å². The fourth-order valence-electron chi connectivity index (χ4n) is 1.46. The molecule has 84 valence electrons. The van der Waals surface area contributed by atoms with Gasteiger partial charge in [0.2, 0.25) is 0 Å². The van der Waals surface area contributed by atoms with Crippen LogP contribution in [0.1, 0.15) is 25.0 Å². The number of nitrogens with zero attached hydrogens (tertiary/aromatic N) is 1. The molecule has 3 N–H and O–H groups in total. The maximum atomic E-state index is 9.35. The third-order valence-corrected chi connectivity index (χ3v) is 3.20. The van der Waals surface area contributed by atoms with E-state index in [-0.39, 0.29) is 12.0 Å². The molecule has 2 atom stereocenters. The average molecular weight is 338 g/mol. The van der Waals surface area contributed by atoms with Crippen molar-refractivity contribution in [2.24, 2.45) is 5.73 Å². The lowest BCUT2D eigenvalue weighted by Crippen LogP contribution is -2.19. The fourth-order valence-corrected chi connectivity index (χ4v) is 2.77. The Morgan fingerprint density at radius 3 is 2.67 bits per heavy atom. The normalized spacial score (nSPS) is 15.0. The molecule has 5 heteroatoms. The summed E-state index contributed by atoms with van der Waals surface area (Å²) in [4.78, 5) is 4.32. The SMILES string of the molecule is CC(O)CC(CN)c1ncc(Br)cc1Br. The predicted octanol–water partition coefficient (Wildman–Crippen LogP) is 2.42. The van der Waals surface area contributed by atoms with Crippen LogP contribution < -0.4 is 5.73 Å². The van der Waals surface area contributed by atoms with Crippen LogP contribution in [0.5, 0.6) is 0 Å². The summed E-state index contributed by atoms with van der Waals surface area (Å²) in [5, 5.41) is 9.35. The highest BCUT2D eigenvalue weighted by atomic mass is 79.9. The molecule has 1 rings (SSSR count). The Balaban J connectivity index is 2.91. The van der Waals surface area contributed by atoms with Crippen LogP contribution in [0.4, 0.5) is 0 Å². The molecule has 0 fully saturated rings. The first-order chi connectivity index (χ1) is 7.04. The van der Waals surface area contributed by atoms with Gasteiger partial charge in [0.1, 0.15) is 0 Å². The van der Waals surface area contributed by atoms with E-state index >= 15 is 0 Å². The number of aromatic nitrogens is 1. The summed E-state index contributed by atoms with van der Waals surface area (Å²) >= 11 is 6.79. The monoisotopic (exact) mass is 336 g/mol. The number of hydrogen-bond acceptors (Lipinski definition) is 3. The van der Waals surface area contributed by atoms with Gasteiger partial charge in [0, 0.05) is 27.6 Å². The van der Waals surface area contributed by atoms with Crippen LogP contribution in [-0.2, 0) is 0 Å². The summed E-state index contributed by atoms with van der Waals surface area (Å²) in [6.45, 7) is 2.24. The van der Waals surface area contributed by atoms with Gasteiger partial charge in [-0.2, -0.15) is 0 Å². The molecule has 3 nitrogen and oxygen atoms in total. The Bertz CT molecular complexity index is 331. The number of aliphatic hydroxyl groups is 1. The maximum absolute atomic E-state index is 9.35. The summed E-state index contributed by atoms with van der Waals surface area (Å²) in [6, 6.07) is 1.94. The lowest BCUT2D eigenvalue weighted by Gasteiger charge is -2.17. The van der Waals surface area contributed by atoms with E-state index in [0.29, 0.717) is 13.0 Å². The zero-order chi connectivity index (χ0) is 11.4. The molecular weight excluding hydrogens is 324 g/mol. The number of rotatable bonds is 4. The zero-order valence-corrected chi connectivity index (χ0v) is 11.6. The van der Waals surface area contributed by atoms with Gasteiger partial charge < -0.3 is 10.8 Å². The zero-order valence-electron chi connectivity index (χ0n) is 8.45. The van der Waals surface area contributed by atoms with Crippen LogP contribution in [-0.4, -0.2) is 22.7 Å². The number of halogens is 2. The predicted molar refractivity (Wildman–Crippen MR) is 67.7 cm³/mol. The molecule has 0 spiro atoms. The van der Waals surface area contributed by atoms with Crippen molar-refractivity contribution in [1.29, 1.82) is 0 Å². The van der Waals surface area contributed by atoms with Crippen LogP contribution in [0, 0.1) is 0 Å². The minimum Gasteiger partial charge on any atom is -0.393 e. The van der Waals surface area contributed by atoms with Crippen molar-refractivity contribution in [2.75, 3.05) is 6.54 Å². The van der Waals surface area contributed by atoms with E-state index in [0.717, 1.165) is 14.6 Å². The van der Waals surface area contributed by atoms with Crippen molar-refractivity contribution in [2.45, 2.75) is 25.4 Å². The summed E-state index contributed by atoms with van der Waals surface area (Å²) in [7, 11) is 0. The minimum absolute atomic E-state index is 0.0903. The first-order valence-corrected chi connectivity index (χ1v) is 6.32. The number of aliphatic hydroxyl groups excluding tert-OH is 1. The van der Waals surface area contributed by atoms with Gasteiger partial charge in [0.15, 0.2) is 0 Å². The molecule has 0 aromatic carbocycles. The number of nitrogens with two attached hydrogens (primary N) is 1. The van der Waals surface area contributed by atoms with Crippen LogP contribution >= 0.6 is 31.9 Å². The van der Waals surface area contributed by atoms with E-state index in [1.165, 1.54) is 0 Å². The Morgan fingerprint density at radius 2 is 2.20 bits per heavy atom. The molecule has 0 saturated heterocycles. The molecule has 0 aliphatic carbocycles. The molecule has 0 bridgehead atoms. The van der Waals surface area contributed by atoms with E-state index in [1.54, 1.807) is 13.1 Å². The van der Waals surface area contributed by atoms with Crippen molar-refractivity contribution < 1.29 is 5.11 Å². The van der Waals surface area contributed by atoms with E-state index in [9.17, 15) is 5.11 Å². The van der Waals surface area contributed by atoms with Crippen LogP contribution in [0.25, 0.3) is 0 Å². The number of hydrogen-bond donors (Lipinski definition) is 2. The molecule has 0 amide bonds.